The van der Waals surface area contributed by atoms with E-state index in [2.05, 4.69) is 120 Å². The number of hydrogen-bond donors (Lipinski definition) is 2. The highest BCUT2D eigenvalue weighted by atomic mass is 16.3. The average molecular weight is 647 g/mol. The second-order valence-corrected chi connectivity index (χ2v) is 12.3. The highest BCUT2D eigenvalue weighted by molar-refractivity contribution is 6.12. The van der Waals surface area contributed by atoms with Crippen molar-refractivity contribution in [2.45, 2.75) is 6.92 Å². The number of fused-ring (bicyclic) bond motifs is 6. The zero-order valence-electron chi connectivity index (χ0n) is 27.5. The van der Waals surface area contributed by atoms with Gasteiger partial charge < -0.3 is 14.7 Å². The van der Waals surface area contributed by atoms with E-state index in [4.69, 9.17) is 15.6 Å². The molecule has 0 saturated heterocycles. The van der Waals surface area contributed by atoms with Gasteiger partial charge in [-0.1, -0.05) is 121 Å². The number of nitrogens with one attached hydrogen (secondary N) is 1. The molecule has 3 N–H and O–H groups in total. The Kier molecular flexibility index (Phi) is 7.99. The number of rotatable bonds is 4. The number of benzene rings is 7. The van der Waals surface area contributed by atoms with Gasteiger partial charge in [0.15, 0.2) is 5.84 Å². The molecule has 5 nitrogen and oxygen atoms in total. The number of amidine groups is 2. The van der Waals surface area contributed by atoms with E-state index in [1.807, 2.05) is 66.7 Å². The van der Waals surface area contributed by atoms with Crippen LogP contribution in [0.4, 0.5) is 0 Å². The molecular weight excluding hydrogens is 613 g/mol. The Morgan fingerprint density at radius 3 is 1.90 bits per heavy atom. The van der Waals surface area contributed by atoms with Gasteiger partial charge in [-0.2, -0.15) is 0 Å². The van der Waals surface area contributed by atoms with Crippen LogP contribution in [-0.2, 0) is 0 Å². The van der Waals surface area contributed by atoms with Crippen molar-refractivity contribution in [2.24, 2.45) is 10.7 Å². The van der Waals surface area contributed by atoms with Crippen molar-refractivity contribution in [2.75, 3.05) is 0 Å². The number of furan rings is 1. The van der Waals surface area contributed by atoms with E-state index >= 15 is 0 Å². The van der Waals surface area contributed by atoms with Gasteiger partial charge in [-0.25, -0.2) is 4.99 Å². The molecule has 0 fully saturated rings. The molecular formula is C45H34N4O. The SMILES string of the molecule is Cc1cccc2oc3ccc(-c4ccc5c(c4)c4ccccc4n5-c4ccccc4)cc3c12.N=C(N=C(N)c1ccccc1)c1ccccc1. The summed E-state index contributed by atoms with van der Waals surface area (Å²) in [6.07, 6.45) is 0. The maximum absolute atomic E-state index is 7.84. The largest absolute Gasteiger partial charge is 0.456 e. The Labute approximate surface area is 290 Å². The summed E-state index contributed by atoms with van der Waals surface area (Å²) in [6, 6.07) is 57.6. The Morgan fingerprint density at radius 1 is 0.560 bits per heavy atom. The minimum Gasteiger partial charge on any atom is -0.456 e. The van der Waals surface area contributed by atoms with Crippen LogP contribution in [0.25, 0.3) is 60.6 Å². The summed E-state index contributed by atoms with van der Waals surface area (Å²) in [4.78, 5) is 4.10. The maximum atomic E-state index is 7.84. The maximum Gasteiger partial charge on any atom is 0.154 e. The summed E-state index contributed by atoms with van der Waals surface area (Å²) in [5, 5.41) is 12.8. The molecule has 0 amide bonds. The first-order valence-corrected chi connectivity index (χ1v) is 16.6. The molecule has 0 unspecified atom stereocenters. The third kappa shape index (κ3) is 5.71. The van der Waals surface area contributed by atoms with Gasteiger partial charge in [-0.15, -0.1) is 0 Å². The standard InChI is InChI=1S/C31H21NO.C14H13N3/c1-20-8-7-13-30-31(20)26-19-22(15-17-29(26)33-30)21-14-16-28-25(18-21)24-11-5-6-12-27(24)32(28)23-9-3-2-4-10-23;15-13(11-7-3-1-4-8-11)17-14(16)12-9-5-2-6-10-12/h2-19H,1H3;1-10H,(H3,15,16,17). The molecule has 9 aromatic rings. The summed E-state index contributed by atoms with van der Waals surface area (Å²) >= 11 is 0. The van der Waals surface area contributed by atoms with Gasteiger partial charge in [0.25, 0.3) is 0 Å². The van der Waals surface area contributed by atoms with Crippen molar-refractivity contribution in [1.82, 2.24) is 4.57 Å². The molecule has 0 spiro atoms. The Hall–Kier alpha value is -6.72. The zero-order chi connectivity index (χ0) is 34.0. The van der Waals surface area contributed by atoms with E-state index in [-0.39, 0.29) is 5.84 Å². The number of para-hydroxylation sites is 2. The molecule has 7 aromatic carbocycles. The molecule has 5 heteroatoms. The highest BCUT2D eigenvalue weighted by Crippen LogP contribution is 2.37. The zero-order valence-corrected chi connectivity index (χ0v) is 27.5. The van der Waals surface area contributed by atoms with Crippen molar-refractivity contribution >= 4 is 55.4 Å². The van der Waals surface area contributed by atoms with Crippen LogP contribution in [0.1, 0.15) is 16.7 Å². The van der Waals surface area contributed by atoms with Crippen LogP contribution in [0.5, 0.6) is 0 Å². The van der Waals surface area contributed by atoms with Gasteiger partial charge >= 0.3 is 0 Å². The lowest BCUT2D eigenvalue weighted by molar-refractivity contribution is 0.669. The van der Waals surface area contributed by atoms with E-state index in [1.165, 1.54) is 55.0 Å². The van der Waals surface area contributed by atoms with Crippen LogP contribution in [0.15, 0.2) is 179 Å². The normalized spacial score (nSPS) is 11.6. The van der Waals surface area contributed by atoms with E-state index in [9.17, 15) is 0 Å². The molecule has 0 bridgehead atoms. The number of aryl methyl sites for hydroxylation is 1. The van der Waals surface area contributed by atoms with Crippen molar-refractivity contribution in [3.63, 3.8) is 0 Å². The van der Waals surface area contributed by atoms with E-state index in [0.717, 1.165) is 22.3 Å². The Bertz CT molecular complexity index is 2670. The molecule has 0 aliphatic heterocycles. The van der Waals surface area contributed by atoms with Gasteiger partial charge in [-0.05, 0) is 72.1 Å². The fourth-order valence-electron chi connectivity index (χ4n) is 6.65. The molecule has 0 saturated carbocycles. The minimum absolute atomic E-state index is 0.173. The molecule has 0 aliphatic rings. The predicted octanol–water partition coefficient (Wildman–Crippen LogP) is 11.1. The minimum atomic E-state index is 0.173. The first-order chi connectivity index (χ1) is 24.5. The molecule has 0 atom stereocenters. The van der Waals surface area contributed by atoms with Crippen LogP contribution in [0.2, 0.25) is 0 Å². The van der Waals surface area contributed by atoms with Crippen molar-refractivity contribution in [3.8, 4) is 16.8 Å². The number of hydrogen-bond acceptors (Lipinski definition) is 2. The monoisotopic (exact) mass is 646 g/mol. The first kappa shape index (κ1) is 30.6. The fraction of sp³-hybridized carbons (Fsp3) is 0.0222. The summed E-state index contributed by atoms with van der Waals surface area (Å²) < 4.78 is 8.45. The third-order valence-electron chi connectivity index (χ3n) is 9.07. The molecule has 2 heterocycles. The summed E-state index contributed by atoms with van der Waals surface area (Å²) in [6.45, 7) is 2.15. The van der Waals surface area contributed by atoms with Crippen molar-refractivity contribution in [3.05, 3.63) is 187 Å². The number of nitrogens with two attached hydrogens (primary N) is 1. The van der Waals surface area contributed by atoms with Gasteiger partial charge in [0.05, 0.1) is 11.0 Å². The molecule has 0 aliphatic carbocycles. The van der Waals surface area contributed by atoms with Gasteiger partial charge in [0.1, 0.15) is 17.0 Å². The molecule has 50 heavy (non-hydrogen) atoms. The second kappa shape index (κ2) is 13.1. The van der Waals surface area contributed by atoms with Crippen LogP contribution in [0, 0.1) is 12.3 Å². The topological polar surface area (TPSA) is 80.3 Å². The lowest BCUT2D eigenvalue weighted by atomic mass is 9.99. The summed E-state index contributed by atoms with van der Waals surface area (Å²) in [7, 11) is 0. The van der Waals surface area contributed by atoms with Crippen molar-refractivity contribution < 1.29 is 4.42 Å². The van der Waals surface area contributed by atoms with Crippen LogP contribution < -0.4 is 5.73 Å². The average Bonchev–Trinajstić information content (AvgIpc) is 3.72. The number of aliphatic imine (C=N–C) groups is 1. The molecule has 0 radical (unpaired) electrons. The molecule has 9 rings (SSSR count). The van der Waals surface area contributed by atoms with Crippen molar-refractivity contribution in [1.29, 1.82) is 5.41 Å². The van der Waals surface area contributed by atoms with E-state index in [0.29, 0.717) is 5.84 Å². The number of aromatic nitrogens is 1. The summed E-state index contributed by atoms with van der Waals surface area (Å²) in [5.41, 5.74) is 16.6. The second-order valence-electron chi connectivity index (χ2n) is 12.3. The quantitative estimate of drug-likeness (QED) is 0.147. The fourth-order valence-corrected chi connectivity index (χ4v) is 6.65. The Morgan fingerprint density at radius 2 is 1.16 bits per heavy atom. The third-order valence-corrected chi connectivity index (χ3v) is 9.07. The lowest BCUT2D eigenvalue weighted by Gasteiger charge is -2.08. The van der Waals surface area contributed by atoms with Crippen LogP contribution in [-0.4, -0.2) is 16.2 Å². The van der Waals surface area contributed by atoms with Gasteiger partial charge in [0.2, 0.25) is 0 Å². The van der Waals surface area contributed by atoms with Crippen LogP contribution in [0.3, 0.4) is 0 Å². The van der Waals surface area contributed by atoms with Crippen LogP contribution >= 0.6 is 0 Å². The molecule has 240 valence electrons. The molecule has 2 aromatic heterocycles. The smallest absolute Gasteiger partial charge is 0.154 e. The van der Waals surface area contributed by atoms with E-state index in [1.54, 1.807) is 0 Å². The van der Waals surface area contributed by atoms with Gasteiger partial charge in [0, 0.05) is 38.4 Å². The lowest BCUT2D eigenvalue weighted by Crippen LogP contribution is -2.15. The highest BCUT2D eigenvalue weighted by Gasteiger charge is 2.14. The van der Waals surface area contributed by atoms with Gasteiger partial charge in [-0.3, -0.25) is 5.41 Å². The predicted molar refractivity (Wildman–Crippen MR) is 209 cm³/mol. The van der Waals surface area contributed by atoms with E-state index < -0.39 is 0 Å². The first-order valence-electron chi connectivity index (χ1n) is 16.6. The Balaban J connectivity index is 0.000000180. The number of nitrogens with zero attached hydrogens (tertiary/aromatic N) is 2. The summed E-state index contributed by atoms with van der Waals surface area (Å²) in [5.74, 6) is 0.534.